The molecule has 1 unspecified atom stereocenters. The van der Waals surface area contributed by atoms with Crippen LogP contribution in [0.2, 0.25) is 0 Å². The molecule has 1 saturated heterocycles. The highest BCUT2D eigenvalue weighted by Gasteiger charge is 2.22. The third kappa shape index (κ3) is 3.88. The van der Waals surface area contributed by atoms with Crippen LogP contribution in [0.1, 0.15) is 19.4 Å². The van der Waals surface area contributed by atoms with Crippen LogP contribution in [0.4, 0.5) is 0 Å². The van der Waals surface area contributed by atoms with Crippen LogP contribution in [-0.2, 0) is 11.2 Å². The van der Waals surface area contributed by atoms with Crippen molar-refractivity contribution in [3.63, 3.8) is 0 Å². The number of nitrogens with zero attached hydrogens (tertiary/aromatic N) is 2. The van der Waals surface area contributed by atoms with Gasteiger partial charge in [-0.3, -0.25) is 9.69 Å². The Hall–Kier alpha value is -1.75. The molecule has 1 amide bonds. The summed E-state index contributed by atoms with van der Waals surface area (Å²) < 4.78 is 5.15. The molecule has 1 aliphatic rings. The summed E-state index contributed by atoms with van der Waals surface area (Å²) in [6.07, 6.45) is 0.900. The number of ether oxygens (including phenoxy) is 1. The van der Waals surface area contributed by atoms with Crippen molar-refractivity contribution in [2.75, 3.05) is 33.3 Å². The van der Waals surface area contributed by atoms with Crippen LogP contribution >= 0.6 is 0 Å². The fourth-order valence-corrected chi connectivity index (χ4v) is 2.80. The number of methoxy groups -OCH3 is 1. The van der Waals surface area contributed by atoms with E-state index in [-0.39, 0.29) is 11.7 Å². The van der Waals surface area contributed by atoms with E-state index in [9.17, 15) is 9.90 Å². The van der Waals surface area contributed by atoms with Gasteiger partial charge in [0.1, 0.15) is 0 Å². The zero-order valence-corrected chi connectivity index (χ0v) is 13.0. The zero-order valence-electron chi connectivity index (χ0n) is 13.0. The maximum Gasteiger partial charge on any atom is 0.219 e. The van der Waals surface area contributed by atoms with Gasteiger partial charge in [0.2, 0.25) is 5.91 Å². The first-order valence-corrected chi connectivity index (χ1v) is 7.36. The average Bonchev–Trinajstić information content (AvgIpc) is 2.49. The van der Waals surface area contributed by atoms with Crippen LogP contribution in [0.3, 0.4) is 0 Å². The topological polar surface area (TPSA) is 53.0 Å². The van der Waals surface area contributed by atoms with Gasteiger partial charge in [-0.1, -0.05) is 6.07 Å². The zero-order chi connectivity index (χ0) is 15.4. The molecule has 1 heterocycles. The Kier molecular flexibility index (Phi) is 5.07. The Labute approximate surface area is 126 Å². The first-order chi connectivity index (χ1) is 10.0. The van der Waals surface area contributed by atoms with E-state index in [1.54, 1.807) is 20.1 Å². The van der Waals surface area contributed by atoms with Crippen molar-refractivity contribution in [3.8, 4) is 11.5 Å². The summed E-state index contributed by atoms with van der Waals surface area (Å²) in [7, 11) is 1.56. The summed E-state index contributed by atoms with van der Waals surface area (Å²) in [6, 6.07) is 5.89. The van der Waals surface area contributed by atoms with Gasteiger partial charge in [0.15, 0.2) is 11.5 Å². The Balaban J connectivity index is 1.93. The van der Waals surface area contributed by atoms with Gasteiger partial charge in [0.25, 0.3) is 0 Å². The molecule has 1 fully saturated rings. The number of aromatic hydroxyl groups is 1. The van der Waals surface area contributed by atoms with E-state index in [0.717, 1.165) is 38.2 Å². The first-order valence-electron chi connectivity index (χ1n) is 7.36. The first kappa shape index (κ1) is 15.6. The molecule has 5 heteroatoms. The molecule has 1 aliphatic heterocycles. The standard InChI is InChI=1S/C16H24N2O3/c1-12(17-6-8-18(9-7-17)13(2)19)10-14-4-5-15(20)16(11-14)21-3/h4-5,11-12,20H,6-10H2,1-3H3. The lowest BCUT2D eigenvalue weighted by atomic mass is 10.0. The highest BCUT2D eigenvalue weighted by atomic mass is 16.5. The van der Waals surface area contributed by atoms with Crippen LogP contribution in [0.5, 0.6) is 11.5 Å². The van der Waals surface area contributed by atoms with Crippen molar-refractivity contribution in [2.45, 2.75) is 26.3 Å². The second-order valence-electron chi connectivity index (χ2n) is 5.60. The average molecular weight is 292 g/mol. The quantitative estimate of drug-likeness (QED) is 0.913. The van der Waals surface area contributed by atoms with Crippen LogP contribution < -0.4 is 4.74 Å². The highest BCUT2D eigenvalue weighted by Crippen LogP contribution is 2.27. The van der Waals surface area contributed by atoms with Gasteiger partial charge in [-0.05, 0) is 31.0 Å². The van der Waals surface area contributed by atoms with E-state index in [4.69, 9.17) is 4.74 Å². The lowest BCUT2D eigenvalue weighted by Crippen LogP contribution is -2.51. The summed E-state index contributed by atoms with van der Waals surface area (Å²) in [5.74, 6) is 0.843. The lowest BCUT2D eigenvalue weighted by Gasteiger charge is -2.37. The number of carbonyl (C=O) groups excluding carboxylic acids is 1. The maximum absolute atomic E-state index is 11.3. The Bertz CT molecular complexity index is 496. The SMILES string of the molecule is COc1cc(CC(C)N2CCN(C(C)=O)CC2)ccc1O. The molecule has 1 aromatic rings. The summed E-state index contributed by atoms with van der Waals surface area (Å²) in [6.45, 7) is 7.26. The molecule has 0 aliphatic carbocycles. The molecule has 1 aromatic carbocycles. The Morgan fingerprint density at radius 3 is 2.57 bits per heavy atom. The van der Waals surface area contributed by atoms with Gasteiger partial charge in [0.05, 0.1) is 7.11 Å². The van der Waals surface area contributed by atoms with Crippen molar-refractivity contribution in [1.82, 2.24) is 9.80 Å². The number of hydrogen-bond donors (Lipinski definition) is 1. The van der Waals surface area contributed by atoms with Crippen LogP contribution in [-0.4, -0.2) is 60.1 Å². The number of piperazine rings is 1. The molecule has 0 bridgehead atoms. The molecule has 0 radical (unpaired) electrons. The van der Waals surface area contributed by atoms with Gasteiger partial charge < -0.3 is 14.7 Å². The molecule has 1 atom stereocenters. The second kappa shape index (κ2) is 6.80. The number of rotatable bonds is 4. The van der Waals surface area contributed by atoms with E-state index >= 15 is 0 Å². The van der Waals surface area contributed by atoms with Crippen molar-refractivity contribution in [1.29, 1.82) is 0 Å². The van der Waals surface area contributed by atoms with E-state index < -0.39 is 0 Å². The third-order valence-electron chi connectivity index (χ3n) is 4.16. The Morgan fingerprint density at radius 2 is 2.00 bits per heavy atom. The molecule has 0 spiro atoms. The van der Waals surface area contributed by atoms with Gasteiger partial charge in [-0.2, -0.15) is 0 Å². The third-order valence-corrected chi connectivity index (χ3v) is 4.16. The van der Waals surface area contributed by atoms with Crippen molar-refractivity contribution < 1.29 is 14.6 Å². The van der Waals surface area contributed by atoms with Crippen molar-refractivity contribution in [2.24, 2.45) is 0 Å². The summed E-state index contributed by atoms with van der Waals surface area (Å²) >= 11 is 0. The Morgan fingerprint density at radius 1 is 1.33 bits per heavy atom. The van der Waals surface area contributed by atoms with Gasteiger partial charge in [0, 0.05) is 39.1 Å². The number of benzene rings is 1. The van der Waals surface area contributed by atoms with E-state index in [2.05, 4.69) is 11.8 Å². The molecular weight excluding hydrogens is 268 g/mol. The van der Waals surface area contributed by atoms with E-state index in [1.165, 1.54) is 0 Å². The van der Waals surface area contributed by atoms with Crippen molar-refractivity contribution in [3.05, 3.63) is 23.8 Å². The normalized spacial score (nSPS) is 17.6. The summed E-state index contributed by atoms with van der Waals surface area (Å²) in [5.41, 5.74) is 1.14. The lowest BCUT2D eigenvalue weighted by molar-refractivity contribution is -0.130. The van der Waals surface area contributed by atoms with E-state index in [0.29, 0.717) is 11.8 Å². The summed E-state index contributed by atoms with van der Waals surface area (Å²) in [5, 5.41) is 9.63. The monoisotopic (exact) mass is 292 g/mol. The number of phenolic OH excluding ortho intramolecular Hbond substituents is 1. The minimum absolute atomic E-state index is 0.158. The minimum atomic E-state index is 0.158. The molecule has 1 N–H and O–H groups in total. The van der Waals surface area contributed by atoms with Gasteiger partial charge >= 0.3 is 0 Å². The number of amides is 1. The number of carbonyl (C=O) groups is 1. The van der Waals surface area contributed by atoms with Gasteiger partial charge in [-0.25, -0.2) is 0 Å². The molecule has 0 saturated carbocycles. The smallest absolute Gasteiger partial charge is 0.219 e. The fourth-order valence-electron chi connectivity index (χ4n) is 2.80. The predicted molar refractivity (Wildman–Crippen MR) is 81.7 cm³/mol. The number of phenols is 1. The number of hydrogen-bond acceptors (Lipinski definition) is 4. The van der Waals surface area contributed by atoms with Crippen LogP contribution in [0, 0.1) is 0 Å². The van der Waals surface area contributed by atoms with Crippen molar-refractivity contribution >= 4 is 5.91 Å². The molecule has 0 aromatic heterocycles. The van der Waals surface area contributed by atoms with E-state index in [1.807, 2.05) is 17.0 Å². The predicted octanol–water partition coefficient (Wildman–Crippen LogP) is 1.50. The molecule has 21 heavy (non-hydrogen) atoms. The van der Waals surface area contributed by atoms with Gasteiger partial charge in [-0.15, -0.1) is 0 Å². The molecule has 5 nitrogen and oxygen atoms in total. The van der Waals surface area contributed by atoms with Crippen LogP contribution in [0.15, 0.2) is 18.2 Å². The largest absolute Gasteiger partial charge is 0.504 e. The minimum Gasteiger partial charge on any atom is -0.504 e. The molecule has 2 rings (SSSR count). The molecular formula is C16H24N2O3. The summed E-state index contributed by atoms with van der Waals surface area (Å²) in [4.78, 5) is 15.6. The highest BCUT2D eigenvalue weighted by molar-refractivity contribution is 5.73. The maximum atomic E-state index is 11.3. The van der Waals surface area contributed by atoms with Crippen LogP contribution in [0.25, 0.3) is 0 Å². The second-order valence-corrected chi connectivity index (χ2v) is 5.60. The molecule has 116 valence electrons. The fraction of sp³-hybridized carbons (Fsp3) is 0.562.